The van der Waals surface area contributed by atoms with E-state index in [0.717, 1.165) is 30.1 Å². The minimum Gasteiger partial charge on any atom is -0.352 e. The molecule has 176 valence electrons. The van der Waals surface area contributed by atoms with Gasteiger partial charge >= 0.3 is 0 Å². The van der Waals surface area contributed by atoms with Gasteiger partial charge in [-0.1, -0.05) is 61.2 Å². The summed E-state index contributed by atoms with van der Waals surface area (Å²) in [4.78, 5) is 35.5. The molecule has 2 aromatic carbocycles. The number of amides is 2. The van der Waals surface area contributed by atoms with Crippen LogP contribution in [-0.2, 0) is 11.3 Å². The lowest BCUT2D eigenvalue weighted by Gasteiger charge is -2.26. The Balaban J connectivity index is 1.39. The molecule has 7 heteroatoms. The van der Waals surface area contributed by atoms with E-state index in [1.54, 1.807) is 23.2 Å². The quantitative estimate of drug-likeness (QED) is 0.491. The van der Waals surface area contributed by atoms with E-state index >= 15 is 0 Å². The van der Waals surface area contributed by atoms with Crippen molar-refractivity contribution in [3.8, 4) is 0 Å². The minimum absolute atomic E-state index is 0.0476. The predicted molar refractivity (Wildman–Crippen MR) is 136 cm³/mol. The molecule has 4 rings (SSSR count). The second kappa shape index (κ2) is 11.3. The van der Waals surface area contributed by atoms with Crippen molar-refractivity contribution in [2.24, 2.45) is 0 Å². The first kappa shape index (κ1) is 24.0. The van der Waals surface area contributed by atoms with Crippen molar-refractivity contribution in [1.29, 1.82) is 0 Å². The number of likely N-dealkylation sites (N-methyl/N-ethyl adjacent to an activating group) is 1. The second-order valence-corrected chi connectivity index (χ2v) is 9.52. The van der Waals surface area contributed by atoms with Crippen molar-refractivity contribution in [3.63, 3.8) is 0 Å². The monoisotopic (exact) mass is 474 g/mol. The summed E-state index contributed by atoms with van der Waals surface area (Å²) in [5.41, 5.74) is 2.63. The summed E-state index contributed by atoms with van der Waals surface area (Å²) in [5, 5.41) is 3.85. The van der Waals surface area contributed by atoms with E-state index in [-0.39, 0.29) is 24.3 Å². The Morgan fingerprint density at radius 3 is 2.65 bits per heavy atom. The summed E-state index contributed by atoms with van der Waals surface area (Å²) < 4.78 is 0. The van der Waals surface area contributed by atoms with E-state index < -0.39 is 0 Å². The molecule has 0 radical (unpaired) electrons. The molecule has 0 fully saturated rings. The Bertz CT molecular complexity index is 1140. The molecule has 0 aliphatic carbocycles. The largest absolute Gasteiger partial charge is 0.352 e. The van der Waals surface area contributed by atoms with E-state index in [0.29, 0.717) is 17.1 Å². The Morgan fingerprint density at radius 2 is 1.85 bits per heavy atom. The summed E-state index contributed by atoms with van der Waals surface area (Å²) in [5.74, 6) is -0.170. The Kier molecular flexibility index (Phi) is 7.98. The minimum atomic E-state index is -0.122. The number of anilines is 1. The van der Waals surface area contributed by atoms with Crippen LogP contribution in [0.2, 0.25) is 0 Å². The van der Waals surface area contributed by atoms with Crippen LogP contribution in [-0.4, -0.2) is 47.9 Å². The number of benzene rings is 2. The maximum atomic E-state index is 13.3. The number of aromatic nitrogens is 1. The molecule has 6 nitrogen and oxygen atoms in total. The highest BCUT2D eigenvalue weighted by Gasteiger charge is 2.28. The standard InChI is InChI=1S/C27H30N4O2S/c1-3-21(19-30(2)18-20-10-5-4-6-11-20)29-25(32)15-17-31-23-13-7-8-14-24(23)34-26-22(27(31)33)12-9-16-28-26/h4-14,16,21H,3,15,17-19H2,1-2H3,(H,29,32)/t21-/m0/s1. The van der Waals surface area contributed by atoms with Crippen molar-refractivity contribution in [2.75, 3.05) is 25.0 Å². The molecule has 1 atom stereocenters. The van der Waals surface area contributed by atoms with Crippen molar-refractivity contribution >= 4 is 29.3 Å². The molecular weight excluding hydrogens is 444 g/mol. The fourth-order valence-corrected chi connectivity index (χ4v) is 5.12. The number of pyridine rings is 1. The lowest BCUT2D eigenvalue weighted by Crippen LogP contribution is -2.43. The average Bonchev–Trinajstić information content (AvgIpc) is 2.97. The van der Waals surface area contributed by atoms with E-state index in [2.05, 4.69) is 41.3 Å². The van der Waals surface area contributed by atoms with Gasteiger partial charge in [0.2, 0.25) is 5.91 Å². The van der Waals surface area contributed by atoms with Crippen LogP contribution in [0.25, 0.3) is 0 Å². The average molecular weight is 475 g/mol. The number of nitrogens with one attached hydrogen (secondary N) is 1. The van der Waals surface area contributed by atoms with Crippen LogP contribution in [0.1, 0.15) is 35.7 Å². The van der Waals surface area contributed by atoms with Gasteiger partial charge in [-0.2, -0.15) is 0 Å². The van der Waals surface area contributed by atoms with Crippen LogP contribution >= 0.6 is 11.8 Å². The van der Waals surface area contributed by atoms with Gasteiger partial charge in [0.15, 0.2) is 0 Å². The van der Waals surface area contributed by atoms with Crippen molar-refractivity contribution in [1.82, 2.24) is 15.2 Å². The maximum Gasteiger partial charge on any atom is 0.261 e. The first-order valence-electron chi connectivity index (χ1n) is 11.6. The molecule has 1 aliphatic heterocycles. The molecule has 1 N–H and O–H groups in total. The molecule has 0 saturated carbocycles. The normalized spacial score (nSPS) is 13.7. The lowest BCUT2D eigenvalue weighted by molar-refractivity contribution is -0.121. The Morgan fingerprint density at radius 1 is 1.09 bits per heavy atom. The third kappa shape index (κ3) is 5.85. The van der Waals surface area contributed by atoms with Gasteiger partial charge in [0.05, 0.1) is 11.3 Å². The smallest absolute Gasteiger partial charge is 0.261 e. The highest BCUT2D eigenvalue weighted by molar-refractivity contribution is 7.99. The van der Waals surface area contributed by atoms with Crippen LogP contribution in [0.5, 0.6) is 0 Å². The molecule has 0 unspecified atom stereocenters. The molecule has 1 aliphatic rings. The van der Waals surface area contributed by atoms with E-state index in [1.165, 1.54) is 17.3 Å². The number of nitrogens with zero attached hydrogens (tertiary/aromatic N) is 3. The first-order valence-corrected chi connectivity index (χ1v) is 12.4. The number of fused-ring (bicyclic) bond motifs is 2. The molecule has 0 saturated heterocycles. The van der Waals surface area contributed by atoms with Crippen LogP contribution < -0.4 is 10.2 Å². The third-order valence-electron chi connectivity index (χ3n) is 5.86. The number of hydrogen-bond donors (Lipinski definition) is 1. The second-order valence-electron chi connectivity index (χ2n) is 8.49. The third-order valence-corrected chi connectivity index (χ3v) is 6.94. The summed E-state index contributed by atoms with van der Waals surface area (Å²) >= 11 is 1.49. The number of hydrogen-bond acceptors (Lipinski definition) is 5. The summed E-state index contributed by atoms with van der Waals surface area (Å²) in [6.07, 6.45) is 2.77. The molecule has 2 amide bonds. The molecule has 0 bridgehead atoms. The molecule has 34 heavy (non-hydrogen) atoms. The van der Waals surface area contributed by atoms with E-state index in [9.17, 15) is 9.59 Å². The van der Waals surface area contributed by atoms with Crippen LogP contribution in [0.4, 0.5) is 5.69 Å². The molecule has 2 heterocycles. The van der Waals surface area contributed by atoms with Gasteiger partial charge < -0.3 is 15.1 Å². The summed E-state index contributed by atoms with van der Waals surface area (Å²) in [7, 11) is 2.07. The Hall–Kier alpha value is -3.16. The number of rotatable bonds is 9. The molecular formula is C27H30N4O2S. The van der Waals surface area contributed by atoms with Crippen molar-refractivity contribution < 1.29 is 9.59 Å². The maximum absolute atomic E-state index is 13.3. The van der Waals surface area contributed by atoms with E-state index in [1.807, 2.05) is 42.5 Å². The lowest BCUT2D eigenvalue weighted by atomic mass is 10.1. The first-order chi connectivity index (χ1) is 16.5. The number of carbonyl (C=O) groups is 2. The fraction of sp³-hybridized carbons (Fsp3) is 0.296. The predicted octanol–water partition coefficient (Wildman–Crippen LogP) is 4.61. The van der Waals surface area contributed by atoms with Crippen molar-refractivity contribution in [2.45, 2.75) is 42.3 Å². The van der Waals surface area contributed by atoms with E-state index in [4.69, 9.17) is 0 Å². The molecule has 1 aromatic heterocycles. The van der Waals surface area contributed by atoms with Gasteiger partial charge in [0.25, 0.3) is 5.91 Å². The van der Waals surface area contributed by atoms with Gasteiger partial charge in [0.1, 0.15) is 5.03 Å². The SMILES string of the molecule is CC[C@@H](CN(C)Cc1ccccc1)NC(=O)CCN1C(=O)c2cccnc2Sc2ccccc21. The summed E-state index contributed by atoms with van der Waals surface area (Å²) in [6, 6.07) is 21.7. The topological polar surface area (TPSA) is 65.5 Å². The van der Waals surface area contributed by atoms with Crippen LogP contribution in [0.3, 0.4) is 0 Å². The van der Waals surface area contributed by atoms with Crippen LogP contribution in [0.15, 0.2) is 82.8 Å². The van der Waals surface area contributed by atoms with Gasteiger partial charge in [0, 0.05) is 43.2 Å². The zero-order chi connectivity index (χ0) is 23.9. The van der Waals surface area contributed by atoms with Crippen molar-refractivity contribution in [3.05, 3.63) is 84.1 Å². The Labute approximate surface area is 205 Å². The fourth-order valence-electron chi connectivity index (χ4n) is 4.11. The van der Waals surface area contributed by atoms with Gasteiger partial charge in [-0.3, -0.25) is 9.59 Å². The van der Waals surface area contributed by atoms with Gasteiger partial charge in [-0.05, 0) is 43.3 Å². The zero-order valence-electron chi connectivity index (χ0n) is 19.6. The number of para-hydroxylation sites is 1. The molecule has 3 aromatic rings. The van der Waals surface area contributed by atoms with Crippen LogP contribution in [0, 0.1) is 0 Å². The number of carbonyl (C=O) groups excluding carboxylic acids is 2. The highest BCUT2D eigenvalue weighted by Crippen LogP contribution is 2.40. The van der Waals surface area contributed by atoms with Gasteiger partial charge in [-0.15, -0.1) is 0 Å². The zero-order valence-corrected chi connectivity index (χ0v) is 20.4. The van der Waals surface area contributed by atoms with Gasteiger partial charge in [-0.25, -0.2) is 4.98 Å². The molecule has 0 spiro atoms. The summed E-state index contributed by atoms with van der Waals surface area (Å²) in [6.45, 7) is 3.99. The highest BCUT2D eigenvalue weighted by atomic mass is 32.2.